The quantitative estimate of drug-likeness (QED) is 0.742. The summed E-state index contributed by atoms with van der Waals surface area (Å²) in [5.41, 5.74) is 1.11. The van der Waals surface area contributed by atoms with Crippen molar-refractivity contribution in [3.8, 4) is 0 Å². The minimum absolute atomic E-state index is 0.0187. The molecule has 2 heterocycles. The fraction of sp³-hybridized carbons (Fsp3) is 0.550. The van der Waals surface area contributed by atoms with Gasteiger partial charge >= 0.3 is 0 Å². The van der Waals surface area contributed by atoms with Gasteiger partial charge in [0, 0.05) is 43.3 Å². The molecule has 158 valence electrons. The molecule has 2 saturated heterocycles. The van der Waals surface area contributed by atoms with Gasteiger partial charge in [-0.1, -0.05) is 0 Å². The van der Waals surface area contributed by atoms with Crippen molar-refractivity contribution >= 4 is 33.2 Å². The van der Waals surface area contributed by atoms with Crippen LogP contribution in [0.5, 0.6) is 0 Å². The summed E-state index contributed by atoms with van der Waals surface area (Å²) in [5, 5.41) is 2.79. The molecule has 2 aliphatic rings. The number of likely N-dealkylation sites (tertiary alicyclic amines) is 1. The van der Waals surface area contributed by atoms with Crippen LogP contribution in [0.25, 0.3) is 0 Å². The Hall–Kier alpha value is -2.42. The summed E-state index contributed by atoms with van der Waals surface area (Å²) in [5.74, 6) is -0.942. The molecule has 1 aromatic carbocycles. The Balaban J connectivity index is 1.59. The Morgan fingerprint density at radius 1 is 1.17 bits per heavy atom. The number of benzene rings is 1. The second-order valence-electron chi connectivity index (χ2n) is 7.55. The van der Waals surface area contributed by atoms with Gasteiger partial charge in [0.1, 0.15) is 0 Å². The van der Waals surface area contributed by atoms with E-state index in [1.54, 1.807) is 34.1 Å². The molecule has 2 fully saturated rings. The number of nitrogens with zero attached hydrogens (tertiary/aromatic N) is 2. The van der Waals surface area contributed by atoms with E-state index in [0.717, 1.165) is 0 Å². The van der Waals surface area contributed by atoms with Gasteiger partial charge in [-0.3, -0.25) is 14.4 Å². The van der Waals surface area contributed by atoms with Gasteiger partial charge in [-0.15, -0.1) is 0 Å². The summed E-state index contributed by atoms with van der Waals surface area (Å²) in [6.45, 7) is 5.33. The molecule has 0 saturated carbocycles. The molecule has 1 aromatic rings. The Labute approximate surface area is 171 Å². The minimum atomic E-state index is -3.09. The molecule has 0 radical (unpaired) electrons. The number of hydrogen-bond donors (Lipinski definition) is 1. The lowest BCUT2D eigenvalue weighted by Gasteiger charge is -2.23. The fourth-order valence-electron chi connectivity index (χ4n) is 3.92. The molecule has 9 heteroatoms. The number of hydrogen-bond acceptors (Lipinski definition) is 5. The topological polar surface area (TPSA) is 104 Å². The Bertz CT molecular complexity index is 893. The molecule has 3 amide bonds. The molecule has 2 aliphatic heterocycles. The van der Waals surface area contributed by atoms with E-state index in [9.17, 15) is 22.8 Å². The second-order valence-corrected chi connectivity index (χ2v) is 9.78. The van der Waals surface area contributed by atoms with E-state index >= 15 is 0 Å². The van der Waals surface area contributed by atoms with Crippen LogP contribution >= 0.6 is 0 Å². The van der Waals surface area contributed by atoms with Crippen LogP contribution in [0.15, 0.2) is 24.3 Å². The third-order valence-corrected chi connectivity index (χ3v) is 7.38. The van der Waals surface area contributed by atoms with Gasteiger partial charge in [-0.2, -0.15) is 0 Å². The minimum Gasteiger partial charge on any atom is -0.339 e. The monoisotopic (exact) mass is 421 g/mol. The highest BCUT2D eigenvalue weighted by atomic mass is 32.2. The average molecular weight is 422 g/mol. The summed E-state index contributed by atoms with van der Waals surface area (Å²) in [6.07, 6.45) is 0.519. The summed E-state index contributed by atoms with van der Waals surface area (Å²) in [6, 6.07) is 6.37. The van der Waals surface area contributed by atoms with Gasteiger partial charge in [0.25, 0.3) is 5.91 Å². The maximum Gasteiger partial charge on any atom is 0.253 e. The number of rotatable bonds is 6. The van der Waals surface area contributed by atoms with E-state index < -0.39 is 15.8 Å². The van der Waals surface area contributed by atoms with Crippen LogP contribution < -0.4 is 5.32 Å². The smallest absolute Gasteiger partial charge is 0.253 e. The standard InChI is InChI=1S/C20H27N3O5S/c1-3-22(4-2)20(26)14-5-7-16(8-6-14)21-19(25)15-11-18(24)23(12-15)17-9-10-29(27,28)13-17/h5-8,15,17H,3-4,9-13H2,1-2H3,(H,21,25)/t15-,17+/m0/s1. The van der Waals surface area contributed by atoms with Gasteiger partial charge < -0.3 is 15.1 Å². The number of sulfone groups is 1. The fourth-order valence-corrected chi connectivity index (χ4v) is 5.65. The van der Waals surface area contributed by atoms with Crippen molar-refractivity contribution in [3.63, 3.8) is 0 Å². The normalized spacial score (nSPS) is 23.2. The average Bonchev–Trinajstić information content (AvgIpc) is 3.25. The number of carbonyl (C=O) groups is 3. The molecule has 0 aromatic heterocycles. The summed E-state index contributed by atoms with van der Waals surface area (Å²) in [4.78, 5) is 40.5. The summed E-state index contributed by atoms with van der Waals surface area (Å²) in [7, 11) is -3.09. The zero-order valence-corrected chi connectivity index (χ0v) is 17.6. The molecular weight excluding hydrogens is 394 g/mol. The van der Waals surface area contributed by atoms with E-state index in [1.165, 1.54) is 0 Å². The molecule has 2 atom stereocenters. The van der Waals surface area contributed by atoms with E-state index in [-0.39, 0.29) is 48.2 Å². The zero-order chi connectivity index (χ0) is 21.2. The van der Waals surface area contributed by atoms with E-state index in [2.05, 4.69) is 5.32 Å². The van der Waals surface area contributed by atoms with E-state index in [4.69, 9.17) is 0 Å². The van der Waals surface area contributed by atoms with Gasteiger partial charge in [0.2, 0.25) is 11.8 Å². The first-order valence-corrected chi connectivity index (χ1v) is 11.8. The lowest BCUT2D eigenvalue weighted by molar-refractivity contribution is -0.129. The van der Waals surface area contributed by atoms with Crippen molar-refractivity contribution in [1.29, 1.82) is 0 Å². The van der Waals surface area contributed by atoms with Crippen molar-refractivity contribution in [1.82, 2.24) is 9.80 Å². The molecule has 0 unspecified atom stereocenters. The highest BCUT2D eigenvalue weighted by Gasteiger charge is 2.41. The number of anilines is 1. The molecule has 0 aliphatic carbocycles. The first-order valence-electron chi connectivity index (χ1n) is 9.94. The van der Waals surface area contributed by atoms with Gasteiger partial charge in [-0.05, 0) is 44.5 Å². The lowest BCUT2D eigenvalue weighted by Crippen LogP contribution is -2.38. The zero-order valence-electron chi connectivity index (χ0n) is 16.8. The SMILES string of the molecule is CCN(CC)C(=O)c1ccc(NC(=O)[C@H]2CC(=O)N([C@@H]3CCS(=O)(=O)C3)C2)cc1. The van der Waals surface area contributed by atoms with Crippen molar-refractivity contribution < 1.29 is 22.8 Å². The van der Waals surface area contributed by atoms with Crippen LogP contribution in [0.2, 0.25) is 0 Å². The van der Waals surface area contributed by atoms with E-state index in [0.29, 0.717) is 30.8 Å². The number of amides is 3. The van der Waals surface area contributed by atoms with Crippen molar-refractivity contribution in [2.45, 2.75) is 32.7 Å². The van der Waals surface area contributed by atoms with Crippen LogP contribution in [-0.2, 0) is 19.4 Å². The van der Waals surface area contributed by atoms with Gasteiger partial charge in [-0.25, -0.2) is 8.42 Å². The molecular formula is C20H27N3O5S. The van der Waals surface area contributed by atoms with Crippen LogP contribution in [0.1, 0.15) is 37.0 Å². The third-order valence-electron chi connectivity index (χ3n) is 5.63. The second kappa shape index (κ2) is 8.52. The maximum absolute atomic E-state index is 12.6. The highest BCUT2D eigenvalue weighted by molar-refractivity contribution is 7.91. The Morgan fingerprint density at radius 3 is 2.38 bits per heavy atom. The molecule has 1 N–H and O–H groups in total. The molecule has 0 spiro atoms. The van der Waals surface area contributed by atoms with Crippen LogP contribution in [0.4, 0.5) is 5.69 Å². The highest BCUT2D eigenvalue weighted by Crippen LogP contribution is 2.27. The summed E-state index contributed by atoms with van der Waals surface area (Å²) < 4.78 is 23.3. The van der Waals surface area contributed by atoms with Crippen molar-refractivity contribution in [2.24, 2.45) is 5.92 Å². The largest absolute Gasteiger partial charge is 0.339 e. The molecule has 8 nitrogen and oxygen atoms in total. The van der Waals surface area contributed by atoms with Crippen LogP contribution in [-0.4, -0.2) is 73.1 Å². The Kier molecular flexibility index (Phi) is 6.26. The molecule has 3 rings (SSSR count). The van der Waals surface area contributed by atoms with Gasteiger partial charge in [0.15, 0.2) is 9.84 Å². The maximum atomic E-state index is 12.6. The molecule has 29 heavy (non-hydrogen) atoms. The molecule has 0 bridgehead atoms. The predicted molar refractivity (Wildman–Crippen MR) is 109 cm³/mol. The predicted octanol–water partition coefficient (Wildman–Crippen LogP) is 1.14. The number of carbonyl (C=O) groups excluding carboxylic acids is 3. The van der Waals surface area contributed by atoms with Crippen LogP contribution in [0, 0.1) is 5.92 Å². The van der Waals surface area contributed by atoms with Gasteiger partial charge in [0.05, 0.1) is 17.4 Å². The van der Waals surface area contributed by atoms with Crippen molar-refractivity contribution in [3.05, 3.63) is 29.8 Å². The van der Waals surface area contributed by atoms with Crippen LogP contribution in [0.3, 0.4) is 0 Å². The van der Waals surface area contributed by atoms with E-state index in [1.807, 2.05) is 13.8 Å². The first kappa shape index (κ1) is 21.3. The summed E-state index contributed by atoms with van der Waals surface area (Å²) >= 11 is 0. The lowest BCUT2D eigenvalue weighted by atomic mass is 10.1. The first-order chi connectivity index (χ1) is 13.7. The third kappa shape index (κ3) is 4.77. The Morgan fingerprint density at radius 2 is 1.83 bits per heavy atom. The number of nitrogens with one attached hydrogen (secondary N) is 1. The van der Waals surface area contributed by atoms with Crippen molar-refractivity contribution in [2.75, 3.05) is 36.5 Å².